The van der Waals surface area contributed by atoms with E-state index < -0.39 is 0 Å². The number of aromatic nitrogens is 2. The van der Waals surface area contributed by atoms with Gasteiger partial charge in [-0.25, -0.2) is 4.98 Å². The van der Waals surface area contributed by atoms with Crippen molar-refractivity contribution in [2.45, 2.75) is 44.9 Å². The van der Waals surface area contributed by atoms with Crippen molar-refractivity contribution in [2.24, 2.45) is 0 Å². The van der Waals surface area contributed by atoms with Gasteiger partial charge < -0.3 is 5.73 Å². The Morgan fingerprint density at radius 3 is 2.76 bits per heavy atom. The Morgan fingerprint density at radius 2 is 2.06 bits per heavy atom. The average molecular weight is 229 g/mol. The normalized spacial score (nSPS) is 17.7. The molecular formula is C14H19N3. The quantitative estimate of drug-likeness (QED) is 0.815. The Balaban J connectivity index is 2.10. The zero-order valence-corrected chi connectivity index (χ0v) is 10.3. The zero-order valence-electron chi connectivity index (χ0n) is 10.3. The van der Waals surface area contributed by atoms with Crippen LogP contribution in [0.5, 0.6) is 0 Å². The van der Waals surface area contributed by atoms with Gasteiger partial charge in [0.05, 0.1) is 5.69 Å². The number of pyridine rings is 1. The van der Waals surface area contributed by atoms with E-state index in [1.54, 1.807) is 0 Å². The Bertz CT molecular complexity index is 536. The van der Waals surface area contributed by atoms with E-state index >= 15 is 0 Å². The van der Waals surface area contributed by atoms with Gasteiger partial charge in [0.1, 0.15) is 11.5 Å². The van der Waals surface area contributed by atoms with Crippen molar-refractivity contribution < 1.29 is 0 Å². The molecule has 1 fully saturated rings. The van der Waals surface area contributed by atoms with Gasteiger partial charge in [-0.15, -0.1) is 0 Å². The second-order valence-corrected chi connectivity index (χ2v) is 5.10. The molecule has 17 heavy (non-hydrogen) atoms. The number of anilines is 1. The van der Waals surface area contributed by atoms with Gasteiger partial charge >= 0.3 is 0 Å². The van der Waals surface area contributed by atoms with E-state index in [2.05, 4.69) is 13.0 Å². The van der Waals surface area contributed by atoms with Gasteiger partial charge in [0.25, 0.3) is 0 Å². The highest BCUT2D eigenvalue weighted by Crippen LogP contribution is 2.35. The van der Waals surface area contributed by atoms with Crippen molar-refractivity contribution in [1.29, 1.82) is 0 Å². The number of fused-ring (bicyclic) bond motifs is 1. The van der Waals surface area contributed by atoms with Crippen LogP contribution in [0.25, 0.3) is 5.65 Å². The average Bonchev–Trinajstić information content (AvgIpc) is 2.70. The van der Waals surface area contributed by atoms with Crippen molar-refractivity contribution in [3.63, 3.8) is 0 Å². The van der Waals surface area contributed by atoms with E-state index in [1.165, 1.54) is 37.7 Å². The predicted octanol–water partition coefficient (Wildman–Crippen LogP) is 3.27. The minimum Gasteiger partial charge on any atom is -0.383 e. The van der Waals surface area contributed by atoms with Crippen LogP contribution in [0, 0.1) is 6.92 Å². The Hall–Kier alpha value is -1.51. The van der Waals surface area contributed by atoms with Crippen molar-refractivity contribution in [3.05, 3.63) is 29.6 Å². The van der Waals surface area contributed by atoms with E-state index in [0.29, 0.717) is 5.92 Å². The number of hydrogen-bond donors (Lipinski definition) is 1. The van der Waals surface area contributed by atoms with Crippen LogP contribution in [0.1, 0.15) is 49.3 Å². The highest BCUT2D eigenvalue weighted by atomic mass is 15.1. The van der Waals surface area contributed by atoms with Crippen LogP contribution in [-0.4, -0.2) is 9.38 Å². The second kappa shape index (κ2) is 4.06. The number of hydrogen-bond acceptors (Lipinski definition) is 2. The molecule has 0 spiro atoms. The maximum atomic E-state index is 6.24. The van der Waals surface area contributed by atoms with E-state index in [9.17, 15) is 0 Å². The van der Waals surface area contributed by atoms with Gasteiger partial charge in [-0.1, -0.05) is 25.3 Å². The van der Waals surface area contributed by atoms with Crippen LogP contribution in [0.2, 0.25) is 0 Å². The molecule has 2 N–H and O–H groups in total. The summed E-state index contributed by atoms with van der Waals surface area (Å²) in [6, 6.07) is 4.12. The molecule has 1 aliphatic rings. The molecule has 1 aliphatic carbocycles. The van der Waals surface area contributed by atoms with Crippen molar-refractivity contribution in [3.8, 4) is 0 Å². The van der Waals surface area contributed by atoms with E-state index in [1.807, 2.05) is 16.7 Å². The molecule has 90 valence electrons. The standard InChI is InChI=1S/C14H19N3/c1-10-6-5-9-17-13(15)12(16-14(10)17)11-7-3-2-4-8-11/h5-6,9,11H,2-4,7-8,15H2,1H3. The van der Waals surface area contributed by atoms with Crippen molar-refractivity contribution in [1.82, 2.24) is 9.38 Å². The molecular weight excluding hydrogens is 210 g/mol. The topological polar surface area (TPSA) is 43.3 Å². The molecule has 2 aromatic heterocycles. The van der Waals surface area contributed by atoms with Crippen LogP contribution in [0.4, 0.5) is 5.82 Å². The Morgan fingerprint density at radius 1 is 1.29 bits per heavy atom. The molecule has 0 aliphatic heterocycles. The first-order chi connectivity index (χ1) is 8.27. The summed E-state index contributed by atoms with van der Waals surface area (Å²) in [6.07, 6.45) is 8.49. The molecule has 3 nitrogen and oxygen atoms in total. The van der Waals surface area contributed by atoms with E-state index in [0.717, 1.165) is 17.2 Å². The van der Waals surface area contributed by atoms with Gasteiger partial charge in [-0.05, 0) is 31.4 Å². The lowest BCUT2D eigenvalue weighted by molar-refractivity contribution is 0.439. The molecule has 3 heteroatoms. The third kappa shape index (κ3) is 1.70. The summed E-state index contributed by atoms with van der Waals surface area (Å²) in [5.74, 6) is 1.42. The lowest BCUT2D eigenvalue weighted by atomic mass is 9.87. The summed E-state index contributed by atoms with van der Waals surface area (Å²) in [6.45, 7) is 2.09. The van der Waals surface area contributed by atoms with Crippen LogP contribution >= 0.6 is 0 Å². The lowest BCUT2D eigenvalue weighted by Crippen LogP contribution is -2.07. The first-order valence-corrected chi connectivity index (χ1v) is 6.50. The van der Waals surface area contributed by atoms with E-state index in [-0.39, 0.29) is 0 Å². The first kappa shape index (κ1) is 10.6. The second-order valence-electron chi connectivity index (χ2n) is 5.10. The highest BCUT2D eigenvalue weighted by molar-refractivity contribution is 5.57. The number of rotatable bonds is 1. The smallest absolute Gasteiger partial charge is 0.141 e. The fourth-order valence-corrected chi connectivity index (χ4v) is 2.92. The Labute approximate surface area is 102 Å². The van der Waals surface area contributed by atoms with Crippen LogP contribution in [-0.2, 0) is 0 Å². The molecule has 0 radical (unpaired) electrons. The third-order valence-corrected chi connectivity index (χ3v) is 3.90. The molecule has 0 atom stereocenters. The molecule has 1 saturated carbocycles. The Kier molecular flexibility index (Phi) is 2.54. The molecule has 2 aromatic rings. The van der Waals surface area contributed by atoms with Gasteiger partial charge in [-0.2, -0.15) is 0 Å². The van der Waals surface area contributed by atoms with Crippen LogP contribution in [0.15, 0.2) is 18.3 Å². The molecule has 2 heterocycles. The minimum atomic E-state index is 0.572. The maximum absolute atomic E-state index is 6.24. The molecule has 0 aromatic carbocycles. The first-order valence-electron chi connectivity index (χ1n) is 6.50. The van der Waals surface area contributed by atoms with Crippen molar-refractivity contribution >= 4 is 11.5 Å². The van der Waals surface area contributed by atoms with Gasteiger partial charge in [0.2, 0.25) is 0 Å². The summed E-state index contributed by atoms with van der Waals surface area (Å²) < 4.78 is 2.03. The zero-order chi connectivity index (χ0) is 11.8. The van der Waals surface area contributed by atoms with Gasteiger partial charge in [-0.3, -0.25) is 4.40 Å². The van der Waals surface area contributed by atoms with Gasteiger partial charge in [0.15, 0.2) is 0 Å². The minimum absolute atomic E-state index is 0.572. The molecule has 3 rings (SSSR count). The summed E-state index contributed by atoms with van der Waals surface area (Å²) in [4.78, 5) is 4.77. The highest BCUT2D eigenvalue weighted by Gasteiger charge is 2.22. The van der Waals surface area contributed by atoms with Crippen LogP contribution < -0.4 is 5.73 Å². The van der Waals surface area contributed by atoms with Crippen LogP contribution in [0.3, 0.4) is 0 Å². The SMILES string of the molecule is Cc1cccn2c(N)c(C3CCCCC3)nc12. The van der Waals surface area contributed by atoms with Gasteiger partial charge in [0, 0.05) is 12.1 Å². The largest absolute Gasteiger partial charge is 0.383 e. The van der Waals surface area contributed by atoms with E-state index in [4.69, 9.17) is 10.7 Å². The summed E-state index contributed by atoms with van der Waals surface area (Å²) >= 11 is 0. The number of aryl methyl sites for hydroxylation is 1. The number of nitrogens with zero attached hydrogens (tertiary/aromatic N) is 2. The summed E-state index contributed by atoms with van der Waals surface area (Å²) in [7, 11) is 0. The molecule has 0 bridgehead atoms. The summed E-state index contributed by atoms with van der Waals surface area (Å²) in [5.41, 5.74) is 9.58. The fourth-order valence-electron chi connectivity index (χ4n) is 2.92. The number of imidazole rings is 1. The maximum Gasteiger partial charge on any atom is 0.141 e. The summed E-state index contributed by atoms with van der Waals surface area (Å²) in [5, 5.41) is 0. The molecule has 0 saturated heterocycles. The molecule has 0 amide bonds. The predicted molar refractivity (Wildman–Crippen MR) is 70.2 cm³/mol. The number of nitrogens with two attached hydrogens (primary N) is 1. The fraction of sp³-hybridized carbons (Fsp3) is 0.500. The third-order valence-electron chi connectivity index (χ3n) is 3.90. The lowest BCUT2D eigenvalue weighted by Gasteiger charge is -2.20. The van der Waals surface area contributed by atoms with Crippen molar-refractivity contribution in [2.75, 3.05) is 5.73 Å². The monoisotopic (exact) mass is 229 g/mol. The number of nitrogen functional groups attached to an aromatic ring is 1. The molecule has 0 unspecified atom stereocenters.